The molecule has 2 aromatic heterocycles. The average Bonchev–Trinajstić information content (AvgIpc) is 3.01. The standard InChI is InChI=1S/C18H20N2S/c1-3-14-8-9-17(21-14)18(20-4-2)15-7-5-6-13-10-11-19-12-16(13)15/h5-12,18,20H,3-4H2,1-2H3. The van der Waals surface area contributed by atoms with Crippen LogP contribution >= 0.6 is 11.3 Å². The molecular weight excluding hydrogens is 276 g/mol. The highest BCUT2D eigenvalue weighted by Crippen LogP contribution is 2.32. The molecule has 0 saturated carbocycles. The van der Waals surface area contributed by atoms with Crippen molar-refractivity contribution in [3.05, 3.63) is 64.1 Å². The third kappa shape index (κ3) is 2.85. The Bertz CT molecular complexity index is 727. The van der Waals surface area contributed by atoms with Crippen LogP contribution in [-0.4, -0.2) is 11.5 Å². The third-order valence-electron chi connectivity index (χ3n) is 3.75. The zero-order chi connectivity index (χ0) is 14.7. The minimum Gasteiger partial charge on any atom is -0.306 e. The summed E-state index contributed by atoms with van der Waals surface area (Å²) >= 11 is 1.90. The van der Waals surface area contributed by atoms with Crippen molar-refractivity contribution in [1.82, 2.24) is 10.3 Å². The summed E-state index contributed by atoms with van der Waals surface area (Å²) in [5.41, 5.74) is 1.31. The zero-order valence-corrected chi connectivity index (χ0v) is 13.3. The van der Waals surface area contributed by atoms with E-state index < -0.39 is 0 Å². The van der Waals surface area contributed by atoms with Crippen LogP contribution in [0, 0.1) is 0 Å². The first kappa shape index (κ1) is 14.2. The SMILES string of the molecule is CCNC(c1ccc(CC)s1)c1cccc2ccncc12. The Kier molecular flexibility index (Phi) is 4.32. The van der Waals surface area contributed by atoms with Crippen LogP contribution in [0.5, 0.6) is 0 Å². The van der Waals surface area contributed by atoms with Gasteiger partial charge in [0, 0.05) is 27.5 Å². The Morgan fingerprint density at radius 3 is 2.81 bits per heavy atom. The van der Waals surface area contributed by atoms with Crippen molar-refractivity contribution < 1.29 is 0 Å². The number of hydrogen-bond acceptors (Lipinski definition) is 3. The molecule has 0 spiro atoms. The van der Waals surface area contributed by atoms with Gasteiger partial charge in [-0.15, -0.1) is 11.3 Å². The van der Waals surface area contributed by atoms with E-state index in [2.05, 4.69) is 60.5 Å². The lowest BCUT2D eigenvalue weighted by atomic mass is 9.99. The molecule has 0 bridgehead atoms. The monoisotopic (exact) mass is 296 g/mol. The molecule has 21 heavy (non-hydrogen) atoms. The van der Waals surface area contributed by atoms with Crippen LogP contribution in [0.3, 0.4) is 0 Å². The predicted octanol–water partition coefficient (Wildman–Crippen LogP) is 4.56. The normalized spacial score (nSPS) is 12.7. The van der Waals surface area contributed by atoms with Crippen LogP contribution in [0.25, 0.3) is 10.8 Å². The predicted molar refractivity (Wildman–Crippen MR) is 91.0 cm³/mol. The summed E-state index contributed by atoms with van der Waals surface area (Å²) in [4.78, 5) is 7.12. The number of fused-ring (bicyclic) bond motifs is 1. The van der Waals surface area contributed by atoms with E-state index in [0.29, 0.717) is 0 Å². The molecule has 0 aliphatic heterocycles. The van der Waals surface area contributed by atoms with Crippen molar-refractivity contribution in [2.45, 2.75) is 26.3 Å². The molecule has 3 heteroatoms. The minimum atomic E-state index is 0.244. The highest BCUT2D eigenvalue weighted by atomic mass is 32.1. The van der Waals surface area contributed by atoms with Crippen molar-refractivity contribution in [1.29, 1.82) is 0 Å². The van der Waals surface area contributed by atoms with Gasteiger partial charge in [-0.1, -0.05) is 32.0 Å². The molecule has 1 N–H and O–H groups in total. The largest absolute Gasteiger partial charge is 0.306 e. The Balaban J connectivity index is 2.11. The molecule has 0 amide bonds. The van der Waals surface area contributed by atoms with E-state index in [1.54, 1.807) is 0 Å². The van der Waals surface area contributed by atoms with Gasteiger partial charge in [0.1, 0.15) is 0 Å². The second-order valence-electron chi connectivity index (χ2n) is 5.09. The third-order valence-corrected chi connectivity index (χ3v) is 5.05. The number of aromatic nitrogens is 1. The van der Waals surface area contributed by atoms with E-state index in [-0.39, 0.29) is 6.04 Å². The summed E-state index contributed by atoms with van der Waals surface area (Å²) < 4.78 is 0. The molecule has 0 aliphatic carbocycles. The molecule has 0 fully saturated rings. The van der Waals surface area contributed by atoms with Crippen LogP contribution in [0.2, 0.25) is 0 Å². The lowest BCUT2D eigenvalue weighted by Gasteiger charge is -2.19. The van der Waals surface area contributed by atoms with Gasteiger partial charge in [0.2, 0.25) is 0 Å². The number of aryl methyl sites for hydroxylation is 1. The fourth-order valence-electron chi connectivity index (χ4n) is 2.70. The Hall–Kier alpha value is -1.71. The van der Waals surface area contributed by atoms with Crippen molar-refractivity contribution in [2.24, 2.45) is 0 Å². The molecule has 1 unspecified atom stereocenters. The van der Waals surface area contributed by atoms with Crippen LogP contribution < -0.4 is 5.32 Å². The van der Waals surface area contributed by atoms with E-state index in [9.17, 15) is 0 Å². The van der Waals surface area contributed by atoms with Gasteiger partial charge in [-0.2, -0.15) is 0 Å². The summed E-state index contributed by atoms with van der Waals surface area (Å²) in [6.45, 7) is 5.31. The van der Waals surface area contributed by atoms with Gasteiger partial charge in [0.15, 0.2) is 0 Å². The molecule has 108 valence electrons. The Labute approximate surface area is 129 Å². The van der Waals surface area contributed by atoms with E-state index >= 15 is 0 Å². The highest BCUT2D eigenvalue weighted by Gasteiger charge is 2.17. The number of rotatable bonds is 5. The smallest absolute Gasteiger partial charge is 0.0677 e. The van der Waals surface area contributed by atoms with Gasteiger partial charge in [-0.25, -0.2) is 0 Å². The molecule has 0 aliphatic rings. The van der Waals surface area contributed by atoms with E-state index in [0.717, 1.165) is 13.0 Å². The molecule has 1 aromatic carbocycles. The molecule has 0 saturated heterocycles. The summed E-state index contributed by atoms with van der Waals surface area (Å²) in [6, 6.07) is 13.3. The second-order valence-corrected chi connectivity index (χ2v) is 6.29. The summed E-state index contributed by atoms with van der Waals surface area (Å²) in [5.74, 6) is 0. The fourth-order valence-corrected chi connectivity index (χ4v) is 3.74. The number of nitrogens with one attached hydrogen (secondary N) is 1. The first-order valence-electron chi connectivity index (χ1n) is 7.48. The average molecular weight is 296 g/mol. The first-order valence-corrected chi connectivity index (χ1v) is 8.29. The van der Waals surface area contributed by atoms with Crippen LogP contribution in [0.1, 0.15) is 35.2 Å². The summed E-state index contributed by atoms with van der Waals surface area (Å²) in [5, 5.41) is 6.11. The quantitative estimate of drug-likeness (QED) is 0.746. The summed E-state index contributed by atoms with van der Waals surface area (Å²) in [6.07, 6.45) is 4.93. The zero-order valence-electron chi connectivity index (χ0n) is 12.5. The molecule has 1 atom stereocenters. The maximum absolute atomic E-state index is 4.31. The number of nitrogens with zero attached hydrogens (tertiary/aromatic N) is 1. The number of hydrogen-bond donors (Lipinski definition) is 1. The maximum Gasteiger partial charge on any atom is 0.0677 e. The van der Waals surface area contributed by atoms with Gasteiger partial charge in [0.25, 0.3) is 0 Å². The molecule has 2 heterocycles. The number of benzene rings is 1. The fraction of sp³-hybridized carbons (Fsp3) is 0.278. The Morgan fingerprint density at radius 2 is 2.05 bits per heavy atom. The van der Waals surface area contributed by atoms with E-state index in [1.165, 1.54) is 26.1 Å². The van der Waals surface area contributed by atoms with Gasteiger partial charge >= 0.3 is 0 Å². The van der Waals surface area contributed by atoms with Gasteiger partial charge in [0.05, 0.1) is 6.04 Å². The van der Waals surface area contributed by atoms with Crippen LogP contribution in [0.4, 0.5) is 0 Å². The molecule has 3 rings (SSSR count). The van der Waals surface area contributed by atoms with E-state index in [1.807, 2.05) is 23.7 Å². The molecule has 0 radical (unpaired) electrons. The van der Waals surface area contributed by atoms with Crippen molar-refractivity contribution in [3.63, 3.8) is 0 Å². The Morgan fingerprint density at radius 1 is 1.14 bits per heavy atom. The van der Waals surface area contributed by atoms with Gasteiger partial charge < -0.3 is 5.32 Å². The molecular formula is C18H20N2S. The minimum absolute atomic E-state index is 0.244. The van der Waals surface area contributed by atoms with Gasteiger partial charge in [-0.3, -0.25) is 4.98 Å². The van der Waals surface area contributed by atoms with Crippen LogP contribution in [-0.2, 0) is 6.42 Å². The topological polar surface area (TPSA) is 24.9 Å². The van der Waals surface area contributed by atoms with Crippen molar-refractivity contribution in [2.75, 3.05) is 6.54 Å². The first-order chi connectivity index (χ1) is 10.3. The lowest BCUT2D eigenvalue weighted by molar-refractivity contribution is 0.643. The highest BCUT2D eigenvalue weighted by molar-refractivity contribution is 7.12. The lowest BCUT2D eigenvalue weighted by Crippen LogP contribution is -2.21. The second kappa shape index (κ2) is 6.37. The maximum atomic E-state index is 4.31. The number of pyridine rings is 1. The van der Waals surface area contributed by atoms with Crippen molar-refractivity contribution in [3.8, 4) is 0 Å². The molecule has 3 aromatic rings. The van der Waals surface area contributed by atoms with Crippen LogP contribution in [0.15, 0.2) is 48.8 Å². The molecule has 2 nitrogen and oxygen atoms in total. The number of thiophene rings is 1. The van der Waals surface area contributed by atoms with Gasteiger partial charge in [-0.05, 0) is 42.1 Å². The van der Waals surface area contributed by atoms with E-state index in [4.69, 9.17) is 0 Å². The van der Waals surface area contributed by atoms with Crippen molar-refractivity contribution >= 4 is 22.1 Å². The summed E-state index contributed by atoms with van der Waals surface area (Å²) in [7, 11) is 0.